The van der Waals surface area contributed by atoms with Crippen LogP contribution in [-0.2, 0) is 0 Å². The van der Waals surface area contributed by atoms with Crippen molar-refractivity contribution in [3.63, 3.8) is 0 Å². The van der Waals surface area contributed by atoms with Crippen molar-refractivity contribution in [3.05, 3.63) is 42.4 Å². The Morgan fingerprint density at radius 3 is 3.07 bits per heavy atom. The third-order valence-corrected chi connectivity index (χ3v) is 2.72. The first kappa shape index (κ1) is 8.73. The SMILES string of the molecule is [C]1NC(c2ccccc2)CN2C=NNC12. The molecular formula is C11H12N4. The lowest BCUT2D eigenvalue weighted by Crippen LogP contribution is -2.50. The van der Waals surface area contributed by atoms with Crippen molar-refractivity contribution in [2.75, 3.05) is 6.54 Å². The second-order valence-electron chi connectivity index (χ2n) is 3.72. The van der Waals surface area contributed by atoms with Gasteiger partial charge in [0.25, 0.3) is 0 Å². The van der Waals surface area contributed by atoms with Crippen LogP contribution in [0, 0.1) is 6.54 Å². The maximum absolute atomic E-state index is 4.00. The van der Waals surface area contributed by atoms with Gasteiger partial charge in [0.2, 0.25) is 0 Å². The van der Waals surface area contributed by atoms with Gasteiger partial charge < -0.3 is 4.90 Å². The standard InChI is InChI=1S/C11H12N4/c1-2-4-9(5-3-1)10-7-15-8-13-14-11(15)6-12-10/h1-5,8,10-12,14H,7H2. The van der Waals surface area contributed by atoms with Gasteiger partial charge in [-0.15, -0.1) is 0 Å². The number of fused-ring (bicyclic) bond motifs is 1. The average Bonchev–Trinajstić information content (AvgIpc) is 2.77. The van der Waals surface area contributed by atoms with Crippen LogP contribution in [0.2, 0.25) is 0 Å². The Hall–Kier alpha value is -1.55. The fraction of sp³-hybridized carbons (Fsp3) is 0.273. The molecule has 2 atom stereocenters. The lowest BCUT2D eigenvalue weighted by molar-refractivity contribution is 0.247. The number of nitrogens with one attached hydrogen (secondary N) is 2. The van der Waals surface area contributed by atoms with Gasteiger partial charge in [-0.25, -0.2) is 0 Å². The highest BCUT2D eigenvalue weighted by molar-refractivity contribution is 5.58. The predicted octanol–water partition coefficient (Wildman–Crippen LogP) is 0.544. The van der Waals surface area contributed by atoms with Gasteiger partial charge in [0.15, 0.2) is 0 Å². The molecule has 1 aromatic rings. The zero-order valence-corrected chi connectivity index (χ0v) is 8.22. The molecule has 2 radical (unpaired) electrons. The van der Waals surface area contributed by atoms with Crippen molar-refractivity contribution >= 4 is 6.34 Å². The molecular weight excluding hydrogens is 188 g/mol. The summed E-state index contributed by atoms with van der Waals surface area (Å²) in [5, 5.41) is 7.28. The summed E-state index contributed by atoms with van der Waals surface area (Å²) in [6.45, 7) is 4.08. The molecule has 0 saturated carbocycles. The van der Waals surface area contributed by atoms with Crippen LogP contribution < -0.4 is 10.7 Å². The Morgan fingerprint density at radius 2 is 2.20 bits per heavy atom. The molecule has 0 aliphatic carbocycles. The number of hydrogen-bond donors (Lipinski definition) is 2. The molecule has 1 saturated heterocycles. The van der Waals surface area contributed by atoms with Crippen LogP contribution in [0.15, 0.2) is 35.4 Å². The molecule has 0 bridgehead atoms. The zero-order valence-electron chi connectivity index (χ0n) is 8.22. The molecule has 0 aromatic heterocycles. The summed E-state index contributed by atoms with van der Waals surface area (Å²) in [5.74, 6) is 0. The molecule has 2 heterocycles. The summed E-state index contributed by atoms with van der Waals surface area (Å²) in [6, 6.07) is 10.7. The van der Waals surface area contributed by atoms with Gasteiger partial charge in [-0.1, -0.05) is 30.3 Å². The quantitative estimate of drug-likeness (QED) is 0.695. The third kappa shape index (κ3) is 1.57. The van der Waals surface area contributed by atoms with Gasteiger partial charge in [-0.2, -0.15) is 5.10 Å². The Balaban J connectivity index is 1.76. The Kier molecular flexibility index (Phi) is 2.07. The molecule has 76 valence electrons. The van der Waals surface area contributed by atoms with Gasteiger partial charge in [0.1, 0.15) is 19.0 Å². The van der Waals surface area contributed by atoms with Crippen LogP contribution >= 0.6 is 0 Å². The van der Waals surface area contributed by atoms with Crippen molar-refractivity contribution in [2.24, 2.45) is 5.10 Å². The lowest BCUT2D eigenvalue weighted by atomic mass is 10.0. The third-order valence-electron chi connectivity index (χ3n) is 2.72. The monoisotopic (exact) mass is 200 g/mol. The van der Waals surface area contributed by atoms with E-state index in [0.717, 1.165) is 6.54 Å². The highest BCUT2D eigenvalue weighted by atomic mass is 15.5. The second kappa shape index (κ2) is 3.55. The van der Waals surface area contributed by atoms with Crippen molar-refractivity contribution in [2.45, 2.75) is 12.2 Å². The summed E-state index contributed by atoms with van der Waals surface area (Å²) in [5.41, 5.74) is 4.23. The molecule has 1 fully saturated rings. The molecule has 2 aliphatic heterocycles. The minimum absolute atomic E-state index is 0.0879. The molecule has 0 amide bonds. The zero-order chi connectivity index (χ0) is 10.1. The van der Waals surface area contributed by atoms with E-state index in [0.29, 0.717) is 6.04 Å². The van der Waals surface area contributed by atoms with E-state index in [4.69, 9.17) is 0 Å². The summed E-state index contributed by atoms with van der Waals surface area (Å²) < 4.78 is 0. The number of rotatable bonds is 1. The highest BCUT2D eigenvalue weighted by Gasteiger charge is 2.29. The normalized spacial score (nSPS) is 28.7. The van der Waals surface area contributed by atoms with Crippen LogP contribution in [0.25, 0.3) is 0 Å². The van der Waals surface area contributed by atoms with Gasteiger partial charge in [-0.3, -0.25) is 10.7 Å². The van der Waals surface area contributed by atoms with Crippen LogP contribution in [0.3, 0.4) is 0 Å². The molecule has 4 heteroatoms. The van der Waals surface area contributed by atoms with E-state index in [-0.39, 0.29) is 6.17 Å². The van der Waals surface area contributed by atoms with Crippen LogP contribution in [-0.4, -0.2) is 23.9 Å². The second-order valence-corrected chi connectivity index (χ2v) is 3.72. The van der Waals surface area contributed by atoms with E-state index in [1.165, 1.54) is 5.56 Å². The fourth-order valence-corrected chi connectivity index (χ4v) is 1.90. The predicted molar refractivity (Wildman–Crippen MR) is 57.7 cm³/mol. The van der Waals surface area contributed by atoms with E-state index in [9.17, 15) is 0 Å². The minimum Gasteiger partial charge on any atom is -0.336 e. The molecule has 2 unspecified atom stereocenters. The number of hydrazone groups is 1. The van der Waals surface area contributed by atoms with Crippen LogP contribution in [0.4, 0.5) is 0 Å². The Morgan fingerprint density at radius 1 is 1.33 bits per heavy atom. The molecule has 15 heavy (non-hydrogen) atoms. The number of nitrogens with zero attached hydrogens (tertiary/aromatic N) is 2. The first-order valence-corrected chi connectivity index (χ1v) is 5.04. The van der Waals surface area contributed by atoms with E-state index in [2.05, 4.69) is 51.6 Å². The molecule has 2 aliphatic rings. The smallest absolute Gasteiger partial charge is 0.138 e. The van der Waals surface area contributed by atoms with Crippen LogP contribution in [0.1, 0.15) is 11.6 Å². The van der Waals surface area contributed by atoms with Gasteiger partial charge >= 0.3 is 0 Å². The number of benzene rings is 1. The van der Waals surface area contributed by atoms with Crippen molar-refractivity contribution in [1.29, 1.82) is 0 Å². The van der Waals surface area contributed by atoms with E-state index < -0.39 is 0 Å². The largest absolute Gasteiger partial charge is 0.336 e. The summed E-state index contributed by atoms with van der Waals surface area (Å²) in [4.78, 5) is 2.13. The van der Waals surface area contributed by atoms with Gasteiger partial charge in [0.05, 0.1) is 6.04 Å². The lowest BCUT2D eigenvalue weighted by Gasteiger charge is -2.34. The first-order chi connectivity index (χ1) is 7.43. The number of piperazine rings is 1. The Bertz CT molecular complexity index is 362. The maximum atomic E-state index is 4.00. The average molecular weight is 200 g/mol. The maximum Gasteiger partial charge on any atom is 0.138 e. The topological polar surface area (TPSA) is 39.7 Å². The van der Waals surface area contributed by atoms with Gasteiger partial charge in [-0.05, 0) is 5.56 Å². The Labute approximate surface area is 89.0 Å². The molecule has 0 spiro atoms. The molecule has 2 N–H and O–H groups in total. The van der Waals surface area contributed by atoms with Gasteiger partial charge in [0, 0.05) is 6.54 Å². The van der Waals surface area contributed by atoms with Crippen LogP contribution in [0.5, 0.6) is 0 Å². The minimum atomic E-state index is 0.0879. The summed E-state index contributed by atoms with van der Waals surface area (Å²) >= 11 is 0. The van der Waals surface area contributed by atoms with Crippen molar-refractivity contribution in [1.82, 2.24) is 15.6 Å². The fourth-order valence-electron chi connectivity index (χ4n) is 1.90. The van der Waals surface area contributed by atoms with E-state index in [1.807, 2.05) is 12.4 Å². The van der Waals surface area contributed by atoms with E-state index in [1.54, 1.807) is 0 Å². The summed E-state index contributed by atoms with van der Waals surface area (Å²) in [6.07, 6.45) is 1.92. The first-order valence-electron chi connectivity index (χ1n) is 5.04. The number of hydrogen-bond acceptors (Lipinski definition) is 4. The van der Waals surface area contributed by atoms with Crippen molar-refractivity contribution < 1.29 is 0 Å². The molecule has 4 nitrogen and oxygen atoms in total. The summed E-state index contributed by atoms with van der Waals surface area (Å²) in [7, 11) is 0. The highest BCUT2D eigenvalue weighted by Crippen LogP contribution is 2.20. The van der Waals surface area contributed by atoms with E-state index >= 15 is 0 Å². The molecule has 1 aromatic carbocycles. The van der Waals surface area contributed by atoms with Crippen molar-refractivity contribution in [3.8, 4) is 0 Å². The molecule has 3 rings (SSSR count).